The molecule has 28 heavy (non-hydrogen) atoms. The van der Waals surface area contributed by atoms with E-state index in [0.717, 1.165) is 33.0 Å². The number of fused-ring (bicyclic) bond motifs is 1. The Balaban J connectivity index is 1.55. The molecule has 0 aliphatic heterocycles. The largest absolute Gasteiger partial charge is 0.493 e. The van der Waals surface area contributed by atoms with Crippen molar-refractivity contribution < 1.29 is 14.3 Å². The van der Waals surface area contributed by atoms with E-state index in [1.54, 1.807) is 6.21 Å². The Kier molecular flexibility index (Phi) is 7.03. The minimum absolute atomic E-state index is 0.118. The second-order valence-electron chi connectivity index (χ2n) is 6.12. The summed E-state index contributed by atoms with van der Waals surface area (Å²) >= 11 is 3.43. The first-order chi connectivity index (χ1) is 13.7. The quantitative estimate of drug-likeness (QED) is 0.399. The maximum Gasteiger partial charge on any atom is 0.277 e. The van der Waals surface area contributed by atoms with E-state index in [1.807, 2.05) is 67.6 Å². The molecule has 0 aliphatic carbocycles. The van der Waals surface area contributed by atoms with E-state index < -0.39 is 0 Å². The van der Waals surface area contributed by atoms with Crippen molar-refractivity contribution in [1.29, 1.82) is 0 Å². The zero-order valence-electron chi connectivity index (χ0n) is 15.5. The van der Waals surface area contributed by atoms with Crippen LogP contribution in [0.1, 0.15) is 18.9 Å². The molecule has 0 saturated heterocycles. The van der Waals surface area contributed by atoms with Crippen LogP contribution in [0.5, 0.6) is 11.5 Å². The number of carbonyl (C=O) groups excluding carboxylic acids is 1. The Morgan fingerprint density at radius 3 is 2.71 bits per heavy atom. The van der Waals surface area contributed by atoms with E-state index in [-0.39, 0.29) is 12.5 Å². The summed E-state index contributed by atoms with van der Waals surface area (Å²) in [4.78, 5) is 12.0. The van der Waals surface area contributed by atoms with Crippen molar-refractivity contribution in [1.82, 2.24) is 5.43 Å². The lowest BCUT2D eigenvalue weighted by atomic mass is 10.1. The number of nitrogens with zero attached hydrogens (tertiary/aromatic N) is 1. The zero-order chi connectivity index (χ0) is 19.8. The highest BCUT2D eigenvalue weighted by atomic mass is 79.9. The van der Waals surface area contributed by atoms with Gasteiger partial charge in [0.05, 0.1) is 12.8 Å². The number of halogens is 1. The van der Waals surface area contributed by atoms with Gasteiger partial charge >= 0.3 is 0 Å². The van der Waals surface area contributed by atoms with Gasteiger partial charge in [0.25, 0.3) is 5.91 Å². The monoisotopic (exact) mass is 440 g/mol. The summed E-state index contributed by atoms with van der Waals surface area (Å²) in [7, 11) is 0. The smallest absolute Gasteiger partial charge is 0.277 e. The highest BCUT2D eigenvalue weighted by Gasteiger charge is 2.05. The fourth-order valence-electron chi connectivity index (χ4n) is 2.58. The van der Waals surface area contributed by atoms with Crippen LogP contribution in [0.3, 0.4) is 0 Å². The van der Waals surface area contributed by atoms with Gasteiger partial charge in [-0.1, -0.05) is 53.2 Å². The van der Waals surface area contributed by atoms with E-state index in [0.29, 0.717) is 12.4 Å². The number of amides is 1. The lowest BCUT2D eigenvalue weighted by molar-refractivity contribution is -0.123. The first kappa shape index (κ1) is 19.9. The molecule has 0 saturated carbocycles. The van der Waals surface area contributed by atoms with Crippen molar-refractivity contribution in [2.45, 2.75) is 13.3 Å². The molecule has 1 N–H and O–H groups in total. The van der Waals surface area contributed by atoms with Gasteiger partial charge in [0.2, 0.25) is 0 Å². The molecule has 3 aromatic carbocycles. The predicted octanol–water partition coefficient (Wildman–Crippen LogP) is 4.92. The lowest BCUT2D eigenvalue weighted by Crippen LogP contribution is -2.24. The van der Waals surface area contributed by atoms with Gasteiger partial charge in [-0.05, 0) is 47.5 Å². The predicted molar refractivity (Wildman–Crippen MR) is 115 cm³/mol. The van der Waals surface area contributed by atoms with Crippen LogP contribution in [0.25, 0.3) is 10.8 Å². The Bertz CT molecular complexity index is 988. The van der Waals surface area contributed by atoms with Crippen molar-refractivity contribution in [3.05, 3.63) is 70.7 Å². The maximum absolute atomic E-state index is 12.0. The number of rotatable bonds is 8. The Morgan fingerprint density at radius 2 is 1.89 bits per heavy atom. The van der Waals surface area contributed by atoms with Crippen LogP contribution in [0.2, 0.25) is 0 Å². The van der Waals surface area contributed by atoms with Gasteiger partial charge in [0.1, 0.15) is 11.5 Å². The third-order valence-electron chi connectivity index (χ3n) is 3.92. The summed E-state index contributed by atoms with van der Waals surface area (Å²) in [5.41, 5.74) is 3.25. The Hall–Kier alpha value is -2.86. The first-order valence-corrected chi connectivity index (χ1v) is 9.81. The fourth-order valence-corrected chi connectivity index (χ4v) is 2.95. The molecule has 6 heteroatoms. The van der Waals surface area contributed by atoms with Crippen LogP contribution in [-0.4, -0.2) is 25.3 Å². The number of ether oxygens (including phenoxy) is 2. The van der Waals surface area contributed by atoms with Gasteiger partial charge in [-0.15, -0.1) is 0 Å². The molecule has 3 rings (SSSR count). The van der Waals surface area contributed by atoms with E-state index in [4.69, 9.17) is 9.47 Å². The van der Waals surface area contributed by atoms with Gasteiger partial charge in [-0.3, -0.25) is 4.79 Å². The summed E-state index contributed by atoms with van der Waals surface area (Å²) in [5.74, 6) is 1.02. The summed E-state index contributed by atoms with van der Waals surface area (Å²) in [5, 5.41) is 6.19. The molecule has 0 unspecified atom stereocenters. The zero-order valence-corrected chi connectivity index (χ0v) is 17.1. The molecule has 0 radical (unpaired) electrons. The maximum atomic E-state index is 12.0. The second-order valence-corrected chi connectivity index (χ2v) is 7.04. The number of carbonyl (C=O) groups is 1. The van der Waals surface area contributed by atoms with Crippen molar-refractivity contribution in [3.8, 4) is 11.5 Å². The molecule has 0 heterocycles. The van der Waals surface area contributed by atoms with Crippen molar-refractivity contribution in [2.75, 3.05) is 13.2 Å². The molecule has 0 aliphatic rings. The second kappa shape index (κ2) is 9.90. The van der Waals surface area contributed by atoms with Gasteiger partial charge in [0.15, 0.2) is 6.61 Å². The van der Waals surface area contributed by atoms with E-state index in [2.05, 4.69) is 26.5 Å². The molecule has 0 aromatic heterocycles. The number of benzene rings is 3. The molecule has 0 spiro atoms. The molecule has 144 valence electrons. The van der Waals surface area contributed by atoms with Crippen molar-refractivity contribution in [3.63, 3.8) is 0 Å². The highest BCUT2D eigenvalue weighted by molar-refractivity contribution is 9.10. The van der Waals surface area contributed by atoms with Crippen LogP contribution >= 0.6 is 15.9 Å². The molecule has 5 nitrogen and oxygen atoms in total. The molecule has 3 aromatic rings. The SMILES string of the molecule is CCCOc1ccc(Br)cc1/C=N\NC(=O)COc1ccc2ccccc2c1. The normalized spacial score (nSPS) is 10.9. The van der Waals surface area contributed by atoms with Crippen LogP contribution in [-0.2, 0) is 4.79 Å². The minimum atomic E-state index is -0.338. The van der Waals surface area contributed by atoms with Crippen LogP contribution in [0.4, 0.5) is 0 Å². The van der Waals surface area contributed by atoms with Gasteiger partial charge < -0.3 is 9.47 Å². The lowest BCUT2D eigenvalue weighted by Gasteiger charge is -2.08. The van der Waals surface area contributed by atoms with E-state index in [1.165, 1.54) is 0 Å². The summed E-state index contributed by atoms with van der Waals surface area (Å²) in [6.45, 7) is 2.55. The average Bonchev–Trinajstić information content (AvgIpc) is 2.71. The van der Waals surface area contributed by atoms with E-state index >= 15 is 0 Å². The Morgan fingerprint density at radius 1 is 1.07 bits per heavy atom. The topological polar surface area (TPSA) is 59.9 Å². The number of hydrogen-bond acceptors (Lipinski definition) is 4. The number of nitrogens with one attached hydrogen (secondary N) is 1. The highest BCUT2D eigenvalue weighted by Crippen LogP contribution is 2.22. The first-order valence-electron chi connectivity index (χ1n) is 9.01. The standard InChI is InChI=1S/C22H21BrN2O3/c1-2-11-27-21-10-8-19(23)12-18(21)14-24-25-22(26)15-28-20-9-7-16-5-3-4-6-17(16)13-20/h3-10,12-14H,2,11,15H2,1H3,(H,25,26)/b24-14-. The molecular weight excluding hydrogens is 420 g/mol. The van der Waals surface area contributed by atoms with Gasteiger partial charge in [-0.25, -0.2) is 5.43 Å². The molecular formula is C22H21BrN2O3. The Labute approximate surface area is 172 Å². The van der Waals surface area contributed by atoms with E-state index in [9.17, 15) is 4.79 Å². The van der Waals surface area contributed by atoms with Gasteiger partial charge in [-0.2, -0.15) is 5.10 Å². The average molecular weight is 441 g/mol. The van der Waals surface area contributed by atoms with Crippen molar-refractivity contribution in [2.24, 2.45) is 5.10 Å². The number of hydrogen-bond donors (Lipinski definition) is 1. The van der Waals surface area contributed by atoms with Crippen LogP contribution in [0.15, 0.2) is 70.2 Å². The summed E-state index contributed by atoms with van der Waals surface area (Å²) in [6, 6.07) is 19.3. The molecule has 1 amide bonds. The van der Waals surface area contributed by atoms with Crippen LogP contribution < -0.4 is 14.9 Å². The van der Waals surface area contributed by atoms with Crippen molar-refractivity contribution >= 4 is 38.8 Å². The third kappa shape index (κ3) is 5.57. The minimum Gasteiger partial charge on any atom is -0.493 e. The third-order valence-corrected chi connectivity index (χ3v) is 4.41. The van der Waals surface area contributed by atoms with Gasteiger partial charge in [0, 0.05) is 10.0 Å². The molecule has 0 atom stereocenters. The summed E-state index contributed by atoms with van der Waals surface area (Å²) < 4.78 is 12.2. The summed E-state index contributed by atoms with van der Waals surface area (Å²) in [6.07, 6.45) is 2.47. The molecule has 0 bridgehead atoms. The van der Waals surface area contributed by atoms with Crippen LogP contribution in [0, 0.1) is 0 Å². The molecule has 0 fully saturated rings. The number of hydrazone groups is 1. The fraction of sp³-hybridized carbons (Fsp3) is 0.182.